The first-order valence-corrected chi connectivity index (χ1v) is 3.30. The van der Waals surface area contributed by atoms with Crippen molar-refractivity contribution in [3.63, 3.8) is 0 Å². The van der Waals surface area contributed by atoms with Crippen LogP contribution in [0.15, 0.2) is 24.8 Å². The van der Waals surface area contributed by atoms with E-state index in [0.29, 0.717) is 5.92 Å². The van der Waals surface area contributed by atoms with Crippen molar-refractivity contribution in [1.82, 2.24) is 0 Å². The van der Waals surface area contributed by atoms with E-state index in [-0.39, 0.29) is 6.10 Å². The lowest BCUT2D eigenvalue weighted by Crippen LogP contribution is -2.13. The van der Waals surface area contributed by atoms with Crippen molar-refractivity contribution in [1.29, 1.82) is 0 Å². The van der Waals surface area contributed by atoms with Gasteiger partial charge < -0.3 is 5.11 Å². The lowest BCUT2D eigenvalue weighted by atomic mass is 10.0. The Morgan fingerprint density at radius 1 is 1.56 bits per heavy atom. The molecular weight excluding hydrogens is 112 g/mol. The molecule has 1 aliphatic rings. The molecule has 0 saturated carbocycles. The number of hydrogen-bond acceptors (Lipinski definition) is 1. The molecule has 1 aliphatic carbocycles. The molecule has 1 heteroatoms. The zero-order chi connectivity index (χ0) is 6.69. The van der Waals surface area contributed by atoms with Crippen LogP contribution in [0.25, 0.3) is 0 Å². The minimum atomic E-state index is -0.306. The van der Waals surface area contributed by atoms with Gasteiger partial charge in [0, 0.05) is 0 Å². The number of rotatable bonds is 2. The van der Waals surface area contributed by atoms with E-state index >= 15 is 0 Å². The van der Waals surface area contributed by atoms with Crippen LogP contribution in [0.3, 0.4) is 0 Å². The minimum Gasteiger partial charge on any atom is -0.389 e. The summed E-state index contributed by atoms with van der Waals surface area (Å²) in [6, 6.07) is 0. The molecule has 0 aromatic carbocycles. The lowest BCUT2D eigenvalue weighted by molar-refractivity contribution is 0.159. The molecule has 9 heavy (non-hydrogen) atoms. The van der Waals surface area contributed by atoms with Crippen molar-refractivity contribution in [3.05, 3.63) is 24.8 Å². The van der Waals surface area contributed by atoms with Crippen LogP contribution in [0.2, 0.25) is 0 Å². The van der Waals surface area contributed by atoms with Crippen molar-refractivity contribution < 1.29 is 5.11 Å². The molecule has 0 bridgehead atoms. The average molecular weight is 124 g/mol. The molecule has 1 rings (SSSR count). The lowest BCUT2D eigenvalue weighted by Gasteiger charge is -2.11. The van der Waals surface area contributed by atoms with E-state index in [1.807, 2.05) is 0 Å². The van der Waals surface area contributed by atoms with E-state index in [9.17, 15) is 5.11 Å². The van der Waals surface area contributed by atoms with Crippen molar-refractivity contribution >= 4 is 0 Å². The fourth-order valence-corrected chi connectivity index (χ4v) is 1.11. The minimum absolute atomic E-state index is 0.306. The summed E-state index contributed by atoms with van der Waals surface area (Å²) in [5.74, 6) is 0.405. The van der Waals surface area contributed by atoms with Gasteiger partial charge >= 0.3 is 0 Å². The zero-order valence-electron chi connectivity index (χ0n) is 5.46. The van der Waals surface area contributed by atoms with Crippen molar-refractivity contribution in [2.45, 2.75) is 18.9 Å². The molecule has 0 spiro atoms. The molecule has 1 nitrogen and oxygen atoms in total. The Morgan fingerprint density at radius 2 is 2.11 bits per heavy atom. The summed E-state index contributed by atoms with van der Waals surface area (Å²) in [6.45, 7) is 3.53. The molecule has 0 heterocycles. The third-order valence-corrected chi connectivity index (χ3v) is 1.77. The maximum Gasteiger partial charge on any atom is 0.0752 e. The van der Waals surface area contributed by atoms with Crippen LogP contribution in [0.1, 0.15) is 12.8 Å². The molecule has 0 saturated heterocycles. The number of allylic oxidation sites excluding steroid dienone is 2. The van der Waals surface area contributed by atoms with Crippen LogP contribution >= 0.6 is 0 Å². The van der Waals surface area contributed by atoms with Gasteiger partial charge in [0.15, 0.2) is 0 Å². The summed E-state index contributed by atoms with van der Waals surface area (Å²) < 4.78 is 0. The zero-order valence-corrected chi connectivity index (χ0v) is 5.46. The first-order chi connectivity index (χ1) is 4.34. The predicted molar refractivity (Wildman–Crippen MR) is 38.1 cm³/mol. The summed E-state index contributed by atoms with van der Waals surface area (Å²) in [4.78, 5) is 0. The van der Waals surface area contributed by atoms with E-state index < -0.39 is 0 Å². The summed E-state index contributed by atoms with van der Waals surface area (Å²) in [7, 11) is 0. The highest BCUT2D eigenvalue weighted by Crippen LogP contribution is 2.21. The van der Waals surface area contributed by atoms with Crippen LogP contribution in [0, 0.1) is 5.92 Å². The third kappa shape index (κ3) is 1.42. The summed E-state index contributed by atoms with van der Waals surface area (Å²) in [6.07, 6.45) is 7.53. The Bertz CT molecular complexity index is 119. The van der Waals surface area contributed by atoms with Gasteiger partial charge in [0.2, 0.25) is 0 Å². The smallest absolute Gasteiger partial charge is 0.0752 e. The maximum absolute atomic E-state index is 9.20. The van der Waals surface area contributed by atoms with Crippen LogP contribution in [0.4, 0.5) is 0 Å². The fraction of sp³-hybridized carbons (Fsp3) is 0.500. The number of hydrogen-bond donors (Lipinski definition) is 1. The first kappa shape index (κ1) is 6.56. The van der Waals surface area contributed by atoms with Gasteiger partial charge in [-0.3, -0.25) is 0 Å². The van der Waals surface area contributed by atoms with E-state index in [4.69, 9.17) is 0 Å². The second kappa shape index (κ2) is 2.83. The Kier molecular flexibility index (Phi) is 2.06. The van der Waals surface area contributed by atoms with Crippen LogP contribution < -0.4 is 0 Å². The van der Waals surface area contributed by atoms with Gasteiger partial charge in [-0.1, -0.05) is 18.2 Å². The van der Waals surface area contributed by atoms with Crippen LogP contribution in [0.5, 0.6) is 0 Å². The van der Waals surface area contributed by atoms with Gasteiger partial charge in [-0.2, -0.15) is 0 Å². The molecular formula is C8H12O. The quantitative estimate of drug-likeness (QED) is 0.553. The normalized spacial score (nSPS) is 22.3. The highest BCUT2D eigenvalue weighted by Gasteiger charge is 2.16. The van der Waals surface area contributed by atoms with Crippen LogP contribution in [-0.2, 0) is 0 Å². The second-order valence-corrected chi connectivity index (χ2v) is 2.43. The van der Waals surface area contributed by atoms with Crippen molar-refractivity contribution in [2.75, 3.05) is 0 Å². The predicted octanol–water partition coefficient (Wildman–Crippen LogP) is 1.50. The highest BCUT2D eigenvalue weighted by molar-refractivity contribution is 5.00. The monoisotopic (exact) mass is 124 g/mol. The van der Waals surface area contributed by atoms with E-state index in [2.05, 4.69) is 18.7 Å². The topological polar surface area (TPSA) is 20.2 Å². The number of aliphatic hydroxyl groups excluding tert-OH is 1. The van der Waals surface area contributed by atoms with Crippen LogP contribution in [-0.4, -0.2) is 11.2 Å². The fourth-order valence-electron chi connectivity index (χ4n) is 1.11. The molecule has 0 aromatic rings. The molecule has 1 N–H and O–H groups in total. The Labute approximate surface area is 55.7 Å². The average Bonchev–Trinajstić information content (AvgIpc) is 2.37. The second-order valence-electron chi connectivity index (χ2n) is 2.43. The van der Waals surface area contributed by atoms with Gasteiger partial charge in [-0.15, -0.1) is 6.58 Å². The molecule has 0 amide bonds. The van der Waals surface area contributed by atoms with Gasteiger partial charge in [-0.05, 0) is 18.8 Å². The Hall–Kier alpha value is -0.560. The molecule has 50 valence electrons. The molecule has 1 atom stereocenters. The molecule has 1 unspecified atom stereocenters. The first-order valence-electron chi connectivity index (χ1n) is 3.30. The third-order valence-electron chi connectivity index (χ3n) is 1.77. The number of aliphatic hydroxyl groups is 1. The van der Waals surface area contributed by atoms with Gasteiger partial charge in [0.25, 0.3) is 0 Å². The summed E-state index contributed by atoms with van der Waals surface area (Å²) in [5.41, 5.74) is 0. The van der Waals surface area contributed by atoms with Gasteiger partial charge in [-0.25, -0.2) is 0 Å². The van der Waals surface area contributed by atoms with E-state index in [1.54, 1.807) is 6.08 Å². The summed E-state index contributed by atoms with van der Waals surface area (Å²) in [5, 5.41) is 9.20. The standard InChI is InChI=1S/C8H12O/c1-2-8(9)7-5-3-4-6-7/h2-4,7-9H,1,5-6H2. The molecule has 0 aromatic heterocycles. The molecule has 0 fully saturated rings. The van der Waals surface area contributed by atoms with Crippen molar-refractivity contribution in [2.24, 2.45) is 5.92 Å². The largest absolute Gasteiger partial charge is 0.389 e. The van der Waals surface area contributed by atoms with Crippen molar-refractivity contribution in [3.8, 4) is 0 Å². The van der Waals surface area contributed by atoms with Gasteiger partial charge in [0.05, 0.1) is 6.10 Å². The molecule has 0 radical (unpaired) electrons. The highest BCUT2D eigenvalue weighted by atomic mass is 16.3. The summed E-state index contributed by atoms with van der Waals surface area (Å²) >= 11 is 0. The van der Waals surface area contributed by atoms with E-state index in [0.717, 1.165) is 12.8 Å². The molecule has 0 aliphatic heterocycles. The Morgan fingerprint density at radius 3 is 2.56 bits per heavy atom. The Balaban J connectivity index is 2.35. The SMILES string of the molecule is C=CC(O)C1CC=CC1. The van der Waals surface area contributed by atoms with Gasteiger partial charge in [0.1, 0.15) is 0 Å². The van der Waals surface area contributed by atoms with E-state index in [1.165, 1.54) is 0 Å². The maximum atomic E-state index is 9.20.